The van der Waals surface area contributed by atoms with Crippen molar-refractivity contribution in [3.05, 3.63) is 48.3 Å². The molecule has 1 N–H and O–H groups in total. The molecule has 0 aliphatic carbocycles. The van der Waals surface area contributed by atoms with Gasteiger partial charge in [0.2, 0.25) is 0 Å². The first kappa shape index (κ1) is 14.3. The third-order valence-corrected chi connectivity index (χ3v) is 4.33. The summed E-state index contributed by atoms with van der Waals surface area (Å²) in [5, 5.41) is 7.93. The van der Waals surface area contributed by atoms with E-state index in [2.05, 4.69) is 46.5 Å². The van der Waals surface area contributed by atoms with Gasteiger partial charge in [-0.3, -0.25) is 0 Å². The minimum absolute atomic E-state index is 0.665. The minimum atomic E-state index is 0.665. The van der Waals surface area contributed by atoms with Crippen molar-refractivity contribution in [2.24, 2.45) is 0 Å². The standard InChI is InChI=1S/C17H24N4/c1-2-20-12-8-16(9-13-20)18-14-15-4-6-17(7-5-15)21-11-3-10-19-21/h3-7,10-11,16,18H,2,8-9,12-14H2,1H3. The monoisotopic (exact) mass is 284 g/mol. The summed E-state index contributed by atoms with van der Waals surface area (Å²) in [6, 6.07) is 11.2. The zero-order valence-corrected chi connectivity index (χ0v) is 12.7. The van der Waals surface area contributed by atoms with Crippen molar-refractivity contribution < 1.29 is 0 Å². The van der Waals surface area contributed by atoms with E-state index in [0.29, 0.717) is 6.04 Å². The quantitative estimate of drug-likeness (QED) is 0.915. The number of benzene rings is 1. The topological polar surface area (TPSA) is 33.1 Å². The summed E-state index contributed by atoms with van der Waals surface area (Å²) >= 11 is 0. The molecule has 4 nitrogen and oxygen atoms in total. The first-order valence-corrected chi connectivity index (χ1v) is 7.90. The second-order valence-corrected chi connectivity index (χ2v) is 5.71. The lowest BCUT2D eigenvalue weighted by Crippen LogP contribution is -2.42. The Balaban J connectivity index is 1.50. The summed E-state index contributed by atoms with van der Waals surface area (Å²) in [4.78, 5) is 2.52. The van der Waals surface area contributed by atoms with Gasteiger partial charge >= 0.3 is 0 Å². The molecule has 1 aromatic heterocycles. The molecule has 0 radical (unpaired) electrons. The highest BCUT2D eigenvalue weighted by molar-refractivity contribution is 5.33. The van der Waals surface area contributed by atoms with Crippen LogP contribution in [0.3, 0.4) is 0 Å². The van der Waals surface area contributed by atoms with Gasteiger partial charge in [0, 0.05) is 25.0 Å². The van der Waals surface area contributed by atoms with Crippen molar-refractivity contribution in [1.82, 2.24) is 20.0 Å². The van der Waals surface area contributed by atoms with Crippen LogP contribution in [0.25, 0.3) is 5.69 Å². The zero-order chi connectivity index (χ0) is 14.5. The van der Waals surface area contributed by atoms with E-state index in [1.807, 2.05) is 16.9 Å². The maximum atomic E-state index is 4.25. The lowest BCUT2D eigenvalue weighted by atomic mass is 10.0. The number of hydrogen-bond acceptors (Lipinski definition) is 3. The smallest absolute Gasteiger partial charge is 0.0645 e. The fourth-order valence-corrected chi connectivity index (χ4v) is 2.90. The van der Waals surface area contributed by atoms with Gasteiger partial charge in [-0.15, -0.1) is 0 Å². The van der Waals surface area contributed by atoms with Crippen molar-refractivity contribution in [2.75, 3.05) is 19.6 Å². The highest BCUT2D eigenvalue weighted by Gasteiger charge is 2.17. The van der Waals surface area contributed by atoms with Crippen LogP contribution in [0.4, 0.5) is 0 Å². The molecule has 21 heavy (non-hydrogen) atoms. The average Bonchev–Trinajstić information content (AvgIpc) is 3.08. The SMILES string of the molecule is CCN1CCC(NCc2ccc(-n3cccn3)cc2)CC1. The van der Waals surface area contributed by atoms with Crippen LogP contribution in [0.5, 0.6) is 0 Å². The zero-order valence-electron chi connectivity index (χ0n) is 12.7. The van der Waals surface area contributed by atoms with E-state index in [9.17, 15) is 0 Å². The molecule has 0 unspecified atom stereocenters. The summed E-state index contributed by atoms with van der Waals surface area (Å²) < 4.78 is 1.89. The number of piperidine rings is 1. The van der Waals surface area contributed by atoms with E-state index in [-0.39, 0.29) is 0 Å². The van der Waals surface area contributed by atoms with Gasteiger partial charge < -0.3 is 10.2 Å². The second kappa shape index (κ2) is 6.87. The number of hydrogen-bond donors (Lipinski definition) is 1. The Labute approximate surface area is 126 Å². The predicted molar refractivity (Wildman–Crippen MR) is 85.5 cm³/mol. The Kier molecular flexibility index (Phi) is 4.68. The van der Waals surface area contributed by atoms with Crippen molar-refractivity contribution in [1.29, 1.82) is 0 Å². The number of nitrogens with one attached hydrogen (secondary N) is 1. The number of likely N-dealkylation sites (tertiary alicyclic amines) is 1. The Morgan fingerprint density at radius 3 is 2.57 bits per heavy atom. The number of rotatable bonds is 5. The minimum Gasteiger partial charge on any atom is -0.310 e. The van der Waals surface area contributed by atoms with Gasteiger partial charge in [0.15, 0.2) is 0 Å². The lowest BCUT2D eigenvalue weighted by molar-refractivity contribution is 0.206. The van der Waals surface area contributed by atoms with Crippen LogP contribution in [0.2, 0.25) is 0 Å². The van der Waals surface area contributed by atoms with Crippen molar-refractivity contribution >= 4 is 0 Å². The van der Waals surface area contributed by atoms with E-state index in [4.69, 9.17) is 0 Å². The van der Waals surface area contributed by atoms with Crippen molar-refractivity contribution in [2.45, 2.75) is 32.4 Å². The molecular weight excluding hydrogens is 260 g/mol. The fraction of sp³-hybridized carbons (Fsp3) is 0.471. The maximum absolute atomic E-state index is 4.25. The van der Waals surface area contributed by atoms with Gasteiger partial charge in [-0.1, -0.05) is 19.1 Å². The van der Waals surface area contributed by atoms with Crippen molar-refractivity contribution in [3.63, 3.8) is 0 Å². The number of nitrogens with zero attached hydrogens (tertiary/aromatic N) is 3. The van der Waals surface area contributed by atoms with Gasteiger partial charge in [-0.25, -0.2) is 4.68 Å². The molecule has 4 heteroatoms. The van der Waals surface area contributed by atoms with Gasteiger partial charge in [0.1, 0.15) is 0 Å². The molecule has 1 aliphatic rings. The largest absolute Gasteiger partial charge is 0.310 e. The molecule has 0 spiro atoms. The second-order valence-electron chi connectivity index (χ2n) is 5.71. The summed E-state index contributed by atoms with van der Waals surface area (Å²) in [6.07, 6.45) is 6.30. The summed E-state index contributed by atoms with van der Waals surface area (Å²) in [5.41, 5.74) is 2.45. The lowest BCUT2D eigenvalue weighted by Gasteiger charge is -2.31. The molecule has 3 rings (SSSR count). The molecule has 1 aromatic carbocycles. The Hall–Kier alpha value is -1.65. The molecule has 2 aromatic rings. The van der Waals surface area contributed by atoms with Crippen LogP contribution in [-0.4, -0.2) is 40.4 Å². The van der Waals surface area contributed by atoms with E-state index in [0.717, 1.165) is 12.2 Å². The van der Waals surface area contributed by atoms with E-state index >= 15 is 0 Å². The van der Waals surface area contributed by atoms with Gasteiger partial charge in [0.05, 0.1) is 5.69 Å². The Morgan fingerprint density at radius 2 is 1.95 bits per heavy atom. The van der Waals surface area contributed by atoms with Crippen LogP contribution < -0.4 is 5.32 Å². The Bertz CT molecular complexity index is 524. The molecule has 0 saturated carbocycles. The maximum Gasteiger partial charge on any atom is 0.0645 e. The van der Waals surface area contributed by atoms with Gasteiger partial charge in [-0.2, -0.15) is 5.10 Å². The van der Waals surface area contributed by atoms with E-state index < -0.39 is 0 Å². The molecule has 1 saturated heterocycles. The molecular formula is C17H24N4. The molecule has 0 bridgehead atoms. The summed E-state index contributed by atoms with van der Waals surface area (Å²) in [5.74, 6) is 0. The Morgan fingerprint density at radius 1 is 1.19 bits per heavy atom. The third kappa shape index (κ3) is 3.71. The molecule has 112 valence electrons. The van der Waals surface area contributed by atoms with Crippen LogP contribution in [0, 0.1) is 0 Å². The molecule has 1 fully saturated rings. The fourth-order valence-electron chi connectivity index (χ4n) is 2.90. The molecule has 2 heterocycles. The average molecular weight is 284 g/mol. The third-order valence-electron chi connectivity index (χ3n) is 4.33. The van der Waals surface area contributed by atoms with Gasteiger partial charge in [-0.05, 0) is 56.2 Å². The van der Waals surface area contributed by atoms with Gasteiger partial charge in [0.25, 0.3) is 0 Å². The first-order valence-electron chi connectivity index (χ1n) is 7.90. The number of aromatic nitrogens is 2. The summed E-state index contributed by atoms with van der Waals surface area (Å²) in [6.45, 7) is 6.84. The predicted octanol–water partition coefficient (Wildman–Crippen LogP) is 2.45. The van der Waals surface area contributed by atoms with E-state index in [1.165, 1.54) is 38.0 Å². The highest BCUT2D eigenvalue weighted by Crippen LogP contribution is 2.12. The van der Waals surface area contributed by atoms with E-state index in [1.54, 1.807) is 6.20 Å². The highest BCUT2D eigenvalue weighted by atomic mass is 15.3. The first-order chi connectivity index (χ1) is 10.3. The van der Waals surface area contributed by atoms with Crippen molar-refractivity contribution in [3.8, 4) is 5.69 Å². The van der Waals surface area contributed by atoms with Crippen LogP contribution in [-0.2, 0) is 6.54 Å². The molecule has 0 amide bonds. The summed E-state index contributed by atoms with van der Waals surface area (Å²) in [7, 11) is 0. The van der Waals surface area contributed by atoms with Crippen LogP contribution in [0.15, 0.2) is 42.7 Å². The van der Waals surface area contributed by atoms with Crippen LogP contribution >= 0.6 is 0 Å². The molecule has 1 aliphatic heterocycles. The normalized spacial score (nSPS) is 17.2. The van der Waals surface area contributed by atoms with Crippen LogP contribution in [0.1, 0.15) is 25.3 Å². The molecule has 0 atom stereocenters.